The third kappa shape index (κ3) is 3.84. The minimum absolute atomic E-state index is 0.0874. The molecule has 0 saturated carbocycles. The van der Waals surface area contributed by atoms with E-state index in [0.717, 1.165) is 19.6 Å². The lowest BCUT2D eigenvalue weighted by Gasteiger charge is -2.26. The highest BCUT2D eigenvalue weighted by Gasteiger charge is 2.15. The van der Waals surface area contributed by atoms with Crippen molar-refractivity contribution in [3.63, 3.8) is 0 Å². The van der Waals surface area contributed by atoms with Crippen LogP contribution in [0.15, 0.2) is 18.2 Å². The van der Waals surface area contributed by atoms with Crippen LogP contribution in [0.2, 0.25) is 0 Å². The monoisotopic (exact) mass is 279 g/mol. The molecule has 1 aromatic carbocycles. The number of methoxy groups -OCH3 is 1. The summed E-state index contributed by atoms with van der Waals surface area (Å²) < 4.78 is 5.11. The van der Waals surface area contributed by atoms with Gasteiger partial charge in [0.15, 0.2) is 0 Å². The predicted molar refractivity (Wildman–Crippen MR) is 78.4 cm³/mol. The van der Waals surface area contributed by atoms with Crippen LogP contribution in [-0.4, -0.2) is 43.1 Å². The molecule has 0 atom stereocenters. The number of nitrogens with zero attached hydrogens (tertiary/aromatic N) is 2. The van der Waals surface area contributed by atoms with E-state index >= 15 is 0 Å². The zero-order valence-electron chi connectivity index (χ0n) is 11.8. The Kier molecular flexibility index (Phi) is 5.17. The Morgan fingerprint density at radius 1 is 1.35 bits per heavy atom. The smallest absolute Gasteiger partial charge is 0.292 e. The second-order valence-electron chi connectivity index (χ2n) is 4.97. The maximum atomic E-state index is 11.0. The van der Waals surface area contributed by atoms with Crippen molar-refractivity contribution < 1.29 is 9.66 Å². The maximum absolute atomic E-state index is 11.0. The second-order valence-corrected chi connectivity index (χ2v) is 4.97. The van der Waals surface area contributed by atoms with Crippen molar-refractivity contribution in [3.8, 4) is 5.75 Å². The summed E-state index contributed by atoms with van der Waals surface area (Å²) in [5.41, 5.74) is 0.607. The Morgan fingerprint density at radius 2 is 2.10 bits per heavy atom. The van der Waals surface area contributed by atoms with E-state index < -0.39 is 0 Å². The van der Waals surface area contributed by atoms with E-state index in [1.807, 2.05) is 0 Å². The number of rotatable bonds is 6. The molecule has 0 radical (unpaired) electrons. The molecule has 6 heteroatoms. The average molecular weight is 279 g/mol. The number of nitro benzene ring substituents is 1. The molecule has 6 nitrogen and oxygen atoms in total. The standard InChI is InChI=1S/C14H21N3O3/c1-20-12-5-6-14(17(18)19)13(11-12)15-7-10-16-8-3-2-4-9-16/h5-6,11,15H,2-4,7-10H2,1H3. The molecule has 1 aliphatic heterocycles. The highest BCUT2D eigenvalue weighted by atomic mass is 16.6. The molecule has 20 heavy (non-hydrogen) atoms. The highest BCUT2D eigenvalue weighted by Crippen LogP contribution is 2.28. The molecule has 1 aromatic rings. The molecular weight excluding hydrogens is 258 g/mol. The minimum atomic E-state index is -0.372. The van der Waals surface area contributed by atoms with Gasteiger partial charge >= 0.3 is 0 Å². The van der Waals surface area contributed by atoms with Gasteiger partial charge in [0.1, 0.15) is 11.4 Å². The molecule has 0 aromatic heterocycles. The first kappa shape index (κ1) is 14.6. The van der Waals surface area contributed by atoms with Crippen molar-refractivity contribution in [2.24, 2.45) is 0 Å². The molecule has 0 amide bonds. The fraction of sp³-hybridized carbons (Fsp3) is 0.571. The zero-order valence-corrected chi connectivity index (χ0v) is 11.8. The van der Waals surface area contributed by atoms with Gasteiger partial charge in [-0.05, 0) is 32.0 Å². The van der Waals surface area contributed by atoms with Crippen molar-refractivity contribution in [1.82, 2.24) is 4.90 Å². The lowest BCUT2D eigenvalue weighted by Crippen LogP contribution is -2.33. The molecule has 1 N–H and O–H groups in total. The predicted octanol–water partition coefficient (Wildman–Crippen LogP) is 2.50. The summed E-state index contributed by atoms with van der Waals surface area (Å²) >= 11 is 0. The summed E-state index contributed by atoms with van der Waals surface area (Å²) in [7, 11) is 1.55. The maximum Gasteiger partial charge on any atom is 0.292 e. The van der Waals surface area contributed by atoms with Gasteiger partial charge in [-0.1, -0.05) is 6.42 Å². The van der Waals surface area contributed by atoms with Gasteiger partial charge in [0.05, 0.1) is 12.0 Å². The normalized spacial score (nSPS) is 15.8. The van der Waals surface area contributed by atoms with Gasteiger partial charge in [-0.3, -0.25) is 10.1 Å². The second kappa shape index (κ2) is 7.09. The van der Waals surface area contributed by atoms with Gasteiger partial charge in [0.2, 0.25) is 0 Å². The van der Waals surface area contributed by atoms with E-state index in [1.54, 1.807) is 19.2 Å². The summed E-state index contributed by atoms with van der Waals surface area (Å²) in [6.07, 6.45) is 3.81. The SMILES string of the molecule is COc1ccc([N+](=O)[O-])c(NCCN2CCCCC2)c1. The number of ether oxygens (including phenoxy) is 1. The molecule has 1 fully saturated rings. The summed E-state index contributed by atoms with van der Waals surface area (Å²) in [6, 6.07) is 4.75. The van der Waals surface area contributed by atoms with Crippen LogP contribution in [0.3, 0.4) is 0 Å². The minimum Gasteiger partial charge on any atom is -0.497 e. The van der Waals surface area contributed by atoms with Crippen LogP contribution in [-0.2, 0) is 0 Å². The van der Waals surface area contributed by atoms with Crippen molar-refractivity contribution in [3.05, 3.63) is 28.3 Å². The van der Waals surface area contributed by atoms with Crippen LogP contribution < -0.4 is 10.1 Å². The van der Waals surface area contributed by atoms with Crippen LogP contribution in [0, 0.1) is 10.1 Å². The Hall–Kier alpha value is -1.82. The van der Waals surface area contributed by atoms with E-state index in [0.29, 0.717) is 18.0 Å². The molecule has 2 rings (SSSR count). The largest absolute Gasteiger partial charge is 0.497 e. The number of hydrogen-bond acceptors (Lipinski definition) is 5. The lowest BCUT2D eigenvalue weighted by atomic mass is 10.1. The number of piperidine rings is 1. The van der Waals surface area contributed by atoms with Crippen LogP contribution in [0.5, 0.6) is 5.75 Å². The average Bonchev–Trinajstić information content (AvgIpc) is 2.48. The number of likely N-dealkylation sites (tertiary alicyclic amines) is 1. The van der Waals surface area contributed by atoms with Gasteiger partial charge in [0, 0.05) is 25.2 Å². The molecular formula is C14H21N3O3. The number of anilines is 1. The molecule has 1 heterocycles. The van der Waals surface area contributed by atoms with Gasteiger partial charge < -0.3 is 15.0 Å². The number of nitrogens with one attached hydrogen (secondary N) is 1. The topological polar surface area (TPSA) is 67.6 Å². The fourth-order valence-electron chi connectivity index (χ4n) is 2.47. The van der Waals surface area contributed by atoms with E-state index in [4.69, 9.17) is 4.74 Å². The third-order valence-electron chi connectivity index (χ3n) is 3.59. The van der Waals surface area contributed by atoms with Gasteiger partial charge in [-0.2, -0.15) is 0 Å². The molecule has 1 saturated heterocycles. The van der Waals surface area contributed by atoms with Gasteiger partial charge in [-0.15, -0.1) is 0 Å². The number of hydrogen-bond donors (Lipinski definition) is 1. The summed E-state index contributed by atoms with van der Waals surface area (Å²) in [5.74, 6) is 0.621. The Labute approximate surface area is 118 Å². The van der Waals surface area contributed by atoms with Crippen molar-refractivity contribution in [2.75, 3.05) is 38.6 Å². The third-order valence-corrected chi connectivity index (χ3v) is 3.59. The molecule has 0 bridgehead atoms. The summed E-state index contributed by atoms with van der Waals surface area (Å²) in [6.45, 7) is 3.87. The van der Waals surface area contributed by atoms with Crippen LogP contribution >= 0.6 is 0 Å². The molecule has 110 valence electrons. The van der Waals surface area contributed by atoms with Crippen molar-refractivity contribution >= 4 is 11.4 Å². The fourth-order valence-corrected chi connectivity index (χ4v) is 2.47. The first-order valence-corrected chi connectivity index (χ1v) is 6.99. The van der Waals surface area contributed by atoms with E-state index in [-0.39, 0.29) is 10.6 Å². The molecule has 0 spiro atoms. The molecule has 0 unspecified atom stereocenters. The van der Waals surface area contributed by atoms with Crippen molar-refractivity contribution in [2.45, 2.75) is 19.3 Å². The van der Waals surface area contributed by atoms with E-state index in [2.05, 4.69) is 10.2 Å². The highest BCUT2D eigenvalue weighted by molar-refractivity contribution is 5.64. The summed E-state index contributed by atoms with van der Waals surface area (Å²) in [4.78, 5) is 13.0. The molecule has 1 aliphatic rings. The van der Waals surface area contributed by atoms with E-state index in [1.165, 1.54) is 25.3 Å². The quantitative estimate of drug-likeness (QED) is 0.640. The Morgan fingerprint density at radius 3 is 2.75 bits per heavy atom. The molecule has 0 aliphatic carbocycles. The lowest BCUT2D eigenvalue weighted by molar-refractivity contribution is -0.384. The van der Waals surface area contributed by atoms with E-state index in [9.17, 15) is 10.1 Å². The Balaban J connectivity index is 1.94. The summed E-state index contributed by atoms with van der Waals surface area (Å²) in [5, 5.41) is 14.2. The van der Waals surface area contributed by atoms with Gasteiger partial charge in [0.25, 0.3) is 5.69 Å². The Bertz CT molecular complexity index is 459. The van der Waals surface area contributed by atoms with Crippen LogP contribution in [0.25, 0.3) is 0 Å². The first-order valence-electron chi connectivity index (χ1n) is 6.99. The first-order chi connectivity index (χ1) is 9.70. The number of benzene rings is 1. The number of nitro groups is 1. The zero-order chi connectivity index (χ0) is 14.4. The van der Waals surface area contributed by atoms with Crippen molar-refractivity contribution in [1.29, 1.82) is 0 Å². The van der Waals surface area contributed by atoms with Gasteiger partial charge in [-0.25, -0.2) is 0 Å². The van der Waals surface area contributed by atoms with Crippen LogP contribution in [0.1, 0.15) is 19.3 Å². The van der Waals surface area contributed by atoms with Crippen LogP contribution in [0.4, 0.5) is 11.4 Å².